The summed E-state index contributed by atoms with van der Waals surface area (Å²) in [4.78, 5) is 20.7. The summed E-state index contributed by atoms with van der Waals surface area (Å²) in [5.41, 5.74) is 1.17. The maximum atomic E-state index is 12.1. The van der Waals surface area contributed by atoms with Crippen LogP contribution in [0.1, 0.15) is 44.7 Å². The van der Waals surface area contributed by atoms with Gasteiger partial charge in [0.1, 0.15) is 12.3 Å². The molecule has 0 aliphatic carbocycles. The Morgan fingerprint density at radius 3 is 2.79 bits per heavy atom. The number of guanidine groups is 1. The van der Waals surface area contributed by atoms with Gasteiger partial charge in [0.05, 0.1) is 12.6 Å². The molecule has 0 radical (unpaired) electrons. The second-order valence-electron chi connectivity index (χ2n) is 8.53. The molecule has 2 unspecified atom stereocenters. The third-order valence-corrected chi connectivity index (χ3v) is 5.51. The molecule has 0 saturated carbocycles. The lowest BCUT2D eigenvalue weighted by atomic mass is 9.97. The molecule has 6 nitrogen and oxygen atoms in total. The number of amides is 1. The number of benzene rings is 1. The van der Waals surface area contributed by atoms with E-state index in [4.69, 9.17) is 9.73 Å². The fourth-order valence-corrected chi connectivity index (χ4v) is 4.05. The molecule has 162 valence electrons. The number of hydrogen-bond acceptors (Lipinski definition) is 3. The minimum Gasteiger partial charge on any atom is -0.493 e. The van der Waals surface area contributed by atoms with Crippen LogP contribution in [0.2, 0.25) is 0 Å². The molecular formula is C22H35IN4O2. The van der Waals surface area contributed by atoms with Gasteiger partial charge in [0.25, 0.3) is 0 Å². The van der Waals surface area contributed by atoms with Crippen molar-refractivity contribution in [3.63, 3.8) is 0 Å². The van der Waals surface area contributed by atoms with E-state index in [1.807, 2.05) is 18.2 Å². The number of fused-ring (bicyclic) bond motifs is 1. The lowest BCUT2D eigenvalue weighted by Crippen LogP contribution is -2.43. The van der Waals surface area contributed by atoms with Crippen LogP contribution < -0.4 is 10.1 Å². The van der Waals surface area contributed by atoms with Crippen LogP contribution in [0.3, 0.4) is 0 Å². The van der Waals surface area contributed by atoms with Gasteiger partial charge >= 0.3 is 0 Å². The highest BCUT2D eigenvalue weighted by molar-refractivity contribution is 14.0. The van der Waals surface area contributed by atoms with Gasteiger partial charge in [0.2, 0.25) is 5.91 Å². The molecule has 2 aliphatic heterocycles. The Bertz CT molecular complexity index is 708. The van der Waals surface area contributed by atoms with Crippen LogP contribution >= 0.6 is 24.0 Å². The predicted octanol–water partition coefficient (Wildman–Crippen LogP) is 3.53. The molecule has 2 aliphatic rings. The highest BCUT2D eigenvalue weighted by atomic mass is 127. The SMILES string of the molecule is CC(C)CC1CCN(C(=NCC(=O)N(C)C)NC2CCOc3ccccc32)C1.I. The molecule has 1 saturated heterocycles. The first-order chi connectivity index (χ1) is 13.4. The van der Waals surface area contributed by atoms with Gasteiger partial charge in [0.15, 0.2) is 5.96 Å². The fraction of sp³-hybridized carbons (Fsp3) is 0.636. The van der Waals surface area contributed by atoms with E-state index in [0.717, 1.165) is 31.2 Å². The first-order valence-electron chi connectivity index (χ1n) is 10.4. The van der Waals surface area contributed by atoms with Crippen LogP contribution in [0, 0.1) is 11.8 Å². The van der Waals surface area contributed by atoms with Gasteiger partial charge in [-0.05, 0) is 30.7 Å². The van der Waals surface area contributed by atoms with Crippen molar-refractivity contribution in [3.05, 3.63) is 29.8 Å². The van der Waals surface area contributed by atoms with E-state index in [2.05, 4.69) is 30.1 Å². The van der Waals surface area contributed by atoms with Gasteiger partial charge < -0.3 is 19.9 Å². The number of carbonyl (C=O) groups is 1. The van der Waals surface area contributed by atoms with E-state index in [9.17, 15) is 4.79 Å². The Labute approximate surface area is 192 Å². The van der Waals surface area contributed by atoms with Crippen LogP contribution in [0.25, 0.3) is 0 Å². The van der Waals surface area contributed by atoms with E-state index in [1.165, 1.54) is 18.4 Å². The number of ether oxygens (including phenoxy) is 1. The Hall–Kier alpha value is -1.51. The van der Waals surface area contributed by atoms with E-state index < -0.39 is 0 Å². The number of nitrogens with zero attached hydrogens (tertiary/aromatic N) is 3. The van der Waals surface area contributed by atoms with Crippen molar-refractivity contribution in [1.29, 1.82) is 0 Å². The van der Waals surface area contributed by atoms with Gasteiger partial charge in [-0.2, -0.15) is 0 Å². The van der Waals surface area contributed by atoms with Crippen molar-refractivity contribution < 1.29 is 9.53 Å². The number of likely N-dealkylation sites (tertiary alicyclic amines) is 1. The number of rotatable bonds is 5. The summed E-state index contributed by atoms with van der Waals surface area (Å²) in [7, 11) is 3.54. The van der Waals surface area contributed by atoms with Gasteiger partial charge in [-0.25, -0.2) is 4.99 Å². The van der Waals surface area contributed by atoms with Crippen molar-refractivity contribution in [3.8, 4) is 5.75 Å². The van der Waals surface area contributed by atoms with Crippen molar-refractivity contribution >= 4 is 35.8 Å². The molecule has 3 rings (SSSR count). The van der Waals surface area contributed by atoms with Gasteiger partial charge in [-0.3, -0.25) is 4.79 Å². The molecule has 1 amide bonds. The topological polar surface area (TPSA) is 57.2 Å². The Balaban J connectivity index is 0.00000300. The highest BCUT2D eigenvalue weighted by Crippen LogP contribution is 2.32. The molecule has 0 aromatic heterocycles. The van der Waals surface area contributed by atoms with Gasteiger partial charge in [0, 0.05) is 39.2 Å². The van der Waals surface area contributed by atoms with Crippen molar-refractivity contribution in [2.45, 2.75) is 39.2 Å². The molecular weight excluding hydrogens is 479 g/mol. The molecule has 0 spiro atoms. The number of para-hydroxylation sites is 1. The zero-order chi connectivity index (χ0) is 20.1. The zero-order valence-electron chi connectivity index (χ0n) is 18.1. The predicted molar refractivity (Wildman–Crippen MR) is 128 cm³/mol. The third kappa shape index (κ3) is 6.49. The normalized spacial score (nSPS) is 21.3. The standard InChI is InChI=1S/C22H34N4O2.HI/c1-16(2)13-17-9-11-26(15-17)22(23-14-21(27)25(3)4)24-19-10-12-28-20-8-6-5-7-18(19)20;/h5-8,16-17,19H,9-15H2,1-4H3,(H,23,24);1H. The smallest absolute Gasteiger partial charge is 0.243 e. The third-order valence-electron chi connectivity index (χ3n) is 5.51. The summed E-state index contributed by atoms with van der Waals surface area (Å²) < 4.78 is 5.80. The molecule has 7 heteroatoms. The lowest BCUT2D eigenvalue weighted by Gasteiger charge is -2.31. The molecule has 29 heavy (non-hydrogen) atoms. The zero-order valence-corrected chi connectivity index (χ0v) is 20.4. The number of halogens is 1. The molecule has 2 atom stereocenters. The quantitative estimate of drug-likeness (QED) is 0.371. The monoisotopic (exact) mass is 514 g/mol. The lowest BCUT2D eigenvalue weighted by molar-refractivity contribution is -0.127. The second-order valence-corrected chi connectivity index (χ2v) is 8.53. The van der Waals surface area contributed by atoms with Crippen LogP contribution in [-0.4, -0.2) is 62.0 Å². The number of aliphatic imine (C=N–C) groups is 1. The Morgan fingerprint density at radius 1 is 1.31 bits per heavy atom. The van der Waals surface area contributed by atoms with E-state index >= 15 is 0 Å². The minimum atomic E-state index is 0. The first-order valence-corrected chi connectivity index (χ1v) is 10.4. The summed E-state index contributed by atoms with van der Waals surface area (Å²) in [5, 5.41) is 3.65. The maximum Gasteiger partial charge on any atom is 0.243 e. The van der Waals surface area contributed by atoms with Crippen LogP contribution in [0.15, 0.2) is 29.3 Å². The second kappa shape index (κ2) is 11.0. The Kier molecular flexibility index (Phi) is 9.04. The van der Waals surface area contributed by atoms with Crippen LogP contribution in [-0.2, 0) is 4.79 Å². The average molecular weight is 514 g/mol. The van der Waals surface area contributed by atoms with E-state index in [1.54, 1.807) is 19.0 Å². The largest absolute Gasteiger partial charge is 0.493 e. The molecule has 1 aromatic rings. The first kappa shape index (κ1) is 23.8. The van der Waals surface area contributed by atoms with Crippen molar-refractivity contribution in [2.24, 2.45) is 16.8 Å². The molecule has 1 N–H and O–H groups in total. The van der Waals surface area contributed by atoms with Crippen molar-refractivity contribution in [2.75, 3.05) is 40.3 Å². The number of carbonyl (C=O) groups excluding carboxylic acids is 1. The number of likely N-dealkylation sites (N-methyl/N-ethyl adjacent to an activating group) is 1. The van der Waals surface area contributed by atoms with Gasteiger partial charge in [-0.1, -0.05) is 32.0 Å². The van der Waals surface area contributed by atoms with Crippen LogP contribution in [0.4, 0.5) is 0 Å². The average Bonchev–Trinajstić information content (AvgIpc) is 3.12. The number of hydrogen-bond donors (Lipinski definition) is 1. The minimum absolute atomic E-state index is 0. The summed E-state index contributed by atoms with van der Waals surface area (Å²) in [5.74, 6) is 3.20. The molecule has 0 bridgehead atoms. The van der Waals surface area contributed by atoms with Crippen molar-refractivity contribution in [1.82, 2.24) is 15.1 Å². The summed E-state index contributed by atoms with van der Waals surface area (Å²) in [6.07, 6.45) is 3.31. The maximum absolute atomic E-state index is 12.1. The summed E-state index contributed by atoms with van der Waals surface area (Å²) in [6, 6.07) is 8.33. The van der Waals surface area contributed by atoms with E-state index in [-0.39, 0.29) is 42.5 Å². The summed E-state index contributed by atoms with van der Waals surface area (Å²) in [6.45, 7) is 7.42. The number of nitrogens with one attached hydrogen (secondary N) is 1. The molecule has 2 heterocycles. The molecule has 1 aromatic carbocycles. The highest BCUT2D eigenvalue weighted by Gasteiger charge is 2.29. The Morgan fingerprint density at radius 2 is 2.07 bits per heavy atom. The van der Waals surface area contributed by atoms with Crippen LogP contribution in [0.5, 0.6) is 5.75 Å². The van der Waals surface area contributed by atoms with E-state index in [0.29, 0.717) is 18.4 Å². The fourth-order valence-electron chi connectivity index (χ4n) is 4.05. The summed E-state index contributed by atoms with van der Waals surface area (Å²) >= 11 is 0. The van der Waals surface area contributed by atoms with Gasteiger partial charge in [-0.15, -0.1) is 24.0 Å². The molecule has 1 fully saturated rings.